The molecule has 2 aromatic carbocycles. The van der Waals surface area contributed by atoms with E-state index >= 15 is 0 Å². The molecule has 6 heteroatoms. The van der Waals surface area contributed by atoms with E-state index in [9.17, 15) is 0 Å². The predicted molar refractivity (Wildman–Crippen MR) is 112 cm³/mol. The summed E-state index contributed by atoms with van der Waals surface area (Å²) in [4.78, 5) is 0. The van der Waals surface area contributed by atoms with Crippen LogP contribution in [0.3, 0.4) is 0 Å². The van der Waals surface area contributed by atoms with Crippen LogP contribution in [0.4, 0.5) is 0 Å². The van der Waals surface area contributed by atoms with Crippen molar-refractivity contribution in [2.75, 3.05) is 27.4 Å². The minimum atomic E-state index is -1.46. The Morgan fingerprint density at radius 3 is 1.35 bits per heavy atom. The lowest BCUT2D eigenvalue weighted by molar-refractivity contribution is 0.213. The summed E-state index contributed by atoms with van der Waals surface area (Å²) in [5, 5.41) is 0. The fraction of sp³-hybridized carbons (Fsp3) is 0.400. The zero-order valence-electron chi connectivity index (χ0n) is 16.4. The van der Waals surface area contributed by atoms with Gasteiger partial charge in [-0.15, -0.1) is 0 Å². The van der Waals surface area contributed by atoms with Crippen molar-refractivity contribution in [3.63, 3.8) is 0 Å². The van der Waals surface area contributed by atoms with E-state index in [0.29, 0.717) is 0 Å². The van der Waals surface area contributed by atoms with E-state index in [4.69, 9.17) is 17.7 Å². The molecule has 0 amide bonds. The highest BCUT2D eigenvalue weighted by Crippen LogP contribution is 2.04. The quantitative estimate of drug-likeness (QED) is 0.581. The molecule has 0 spiro atoms. The lowest BCUT2D eigenvalue weighted by Gasteiger charge is -2.14. The molecule has 0 unspecified atom stereocenters. The van der Waals surface area contributed by atoms with Gasteiger partial charge in [0.25, 0.3) is 0 Å². The molecule has 0 bridgehead atoms. The minimum Gasteiger partial charge on any atom is -0.400 e. The average molecular weight is 393 g/mol. The molecule has 0 saturated heterocycles. The average Bonchev–Trinajstić information content (AvgIpc) is 2.69. The number of rotatable bonds is 10. The van der Waals surface area contributed by atoms with Crippen LogP contribution in [-0.4, -0.2) is 46.0 Å². The van der Waals surface area contributed by atoms with Crippen LogP contribution in [0.1, 0.15) is 25.0 Å². The molecule has 4 nitrogen and oxygen atoms in total. The maximum atomic E-state index is 5.60. The highest BCUT2D eigenvalue weighted by atomic mass is 28.3. The number of hydrogen-bond donors (Lipinski definition) is 0. The van der Waals surface area contributed by atoms with Crippen molar-refractivity contribution in [3.8, 4) is 0 Å². The molecular formula is C20H32O4Si2. The van der Waals surface area contributed by atoms with Crippen LogP contribution in [0, 0.1) is 0 Å². The lowest BCUT2D eigenvalue weighted by atomic mass is 10.2. The van der Waals surface area contributed by atoms with Crippen molar-refractivity contribution in [1.29, 1.82) is 0 Å². The largest absolute Gasteiger partial charge is 0.400 e. The van der Waals surface area contributed by atoms with Crippen LogP contribution >= 0.6 is 0 Å². The Kier molecular flexibility index (Phi) is 13.0. The maximum absolute atomic E-state index is 5.60. The first kappa shape index (κ1) is 22.8. The highest BCUT2D eigenvalue weighted by molar-refractivity contribution is 6.44. The van der Waals surface area contributed by atoms with Gasteiger partial charge in [-0.1, -0.05) is 60.7 Å². The van der Waals surface area contributed by atoms with Crippen LogP contribution in [0.25, 0.3) is 0 Å². The third-order valence-electron chi connectivity index (χ3n) is 3.72. The second-order valence-electron chi connectivity index (χ2n) is 5.62. The van der Waals surface area contributed by atoms with E-state index in [1.807, 2.05) is 38.1 Å². The monoisotopic (exact) mass is 392 g/mol. The Bertz CT molecular complexity index is 544. The third kappa shape index (κ3) is 10.0. The van der Waals surface area contributed by atoms with Gasteiger partial charge in [0.15, 0.2) is 0 Å². The fourth-order valence-electron chi connectivity index (χ4n) is 2.41. The summed E-state index contributed by atoms with van der Waals surface area (Å²) in [7, 11) is 0.544. The Labute approximate surface area is 161 Å². The molecule has 144 valence electrons. The molecule has 0 aliphatic carbocycles. The van der Waals surface area contributed by atoms with E-state index in [1.54, 1.807) is 14.2 Å². The fourth-order valence-corrected chi connectivity index (χ4v) is 5.33. The molecule has 26 heavy (non-hydrogen) atoms. The van der Waals surface area contributed by atoms with Crippen LogP contribution < -0.4 is 0 Å². The molecule has 0 aliphatic heterocycles. The van der Waals surface area contributed by atoms with E-state index in [1.165, 1.54) is 11.1 Å². The van der Waals surface area contributed by atoms with Crippen LogP contribution in [0.2, 0.25) is 0 Å². The number of benzene rings is 2. The van der Waals surface area contributed by atoms with Crippen molar-refractivity contribution >= 4 is 18.6 Å². The van der Waals surface area contributed by atoms with Gasteiger partial charge >= 0.3 is 18.6 Å². The first-order chi connectivity index (χ1) is 12.7. The van der Waals surface area contributed by atoms with Crippen LogP contribution in [0.5, 0.6) is 0 Å². The van der Waals surface area contributed by atoms with E-state index in [2.05, 4.69) is 36.4 Å². The summed E-state index contributed by atoms with van der Waals surface area (Å²) in [5.74, 6) is 0. The van der Waals surface area contributed by atoms with Gasteiger partial charge in [-0.3, -0.25) is 0 Å². The summed E-state index contributed by atoms with van der Waals surface area (Å²) >= 11 is 0. The zero-order chi connectivity index (χ0) is 19.0. The smallest absolute Gasteiger partial charge is 0.325 e. The zero-order valence-corrected chi connectivity index (χ0v) is 18.7. The van der Waals surface area contributed by atoms with Crippen molar-refractivity contribution in [2.45, 2.75) is 25.9 Å². The summed E-state index contributed by atoms with van der Waals surface area (Å²) in [5.41, 5.74) is 2.60. The highest BCUT2D eigenvalue weighted by Gasteiger charge is 2.12. The second kappa shape index (κ2) is 14.8. The van der Waals surface area contributed by atoms with Gasteiger partial charge in [-0.25, -0.2) is 0 Å². The first-order valence-electron chi connectivity index (χ1n) is 9.10. The lowest BCUT2D eigenvalue weighted by Crippen LogP contribution is -2.26. The number of hydrogen-bond acceptors (Lipinski definition) is 4. The van der Waals surface area contributed by atoms with Gasteiger partial charge in [0, 0.05) is 39.5 Å². The molecular weight excluding hydrogens is 360 g/mol. The minimum absolute atomic E-state index is 0.754. The van der Waals surface area contributed by atoms with E-state index < -0.39 is 18.6 Å². The van der Waals surface area contributed by atoms with Crippen molar-refractivity contribution in [1.82, 2.24) is 0 Å². The summed E-state index contributed by atoms with van der Waals surface area (Å²) < 4.78 is 21.6. The summed E-state index contributed by atoms with van der Waals surface area (Å²) in [6.07, 6.45) is 0. The first-order valence-corrected chi connectivity index (χ1v) is 12.6. The van der Waals surface area contributed by atoms with Crippen molar-refractivity contribution in [3.05, 3.63) is 71.8 Å². The molecule has 2 rings (SSSR count). The molecule has 0 aromatic heterocycles. The Morgan fingerprint density at radius 2 is 1.00 bits per heavy atom. The van der Waals surface area contributed by atoms with Crippen molar-refractivity contribution < 1.29 is 17.7 Å². The topological polar surface area (TPSA) is 36.9 Å². The molecule has 0 saturated carbocycles. The molecule has 0 atom stereocenters. The van der Waals surface area contributed by atoms with E-state index in [0.717, 1.165) is 25.3 Å². The Hall–Kier alpha value is -1.29. The molecule has 0 heterocycles. The van der Waals surface area contributed by atoms with Gasteiger partial charge in [-0.05, 0) is 25.0 Å². The molecule has 0 fully saturated rings. The van der Waals surface area contributed by atoms with Gasteiger partial charge in [0.1, 0.15) is 0 Å². The maximum Gasteiger partial charge on any atom is 0.325 e. The van der Waals surface area contributed by atoms with E-state index in [-0.39, 0.29) is 0 Å². The Morgan fingerprint density at radius 1 is 0.615 bits per heavy atom. The summed E-state index contributed by atoms with van der Waals surface area (Å²) in [6.45, 7) is 5.54. The summed E-state index contributed by atoms with van der Waals surface area (Å²) in [6, 6.07) is 22.6. The normalized spacial score (nSPS) is 10.7. The molecule has 0 aliphatic rings. The molecule has 2 aromatic rings. The second-order valence-corrected chi connectivity index (χ2v) is 9.76. The SMILES string of the molecule is CCO[SiH](Cc1ccccc1)OCC.CO[SiH](Cc1ccccc1)OC. The standard InChI is InChI=1S/C11H18O2Si.C9H14O2Si/c1-3-12-14(13-4-2)10-11-8-6-5-7-9-11;1-10-12(11-2)8-9-6-4-3-5-7-9/h5-9,14H,3-4,10H2,1-2H3;3-7,12H,8H2,1-2H3. The molecule has 0 radical (unpaired) electrons. The molecule has 0 N–H and O–H groups in total. The van der Waals surface area contributed by atoms with Gasteiger partial charge in [0.2, 0.25) is 0 Å². The van der Waals surface area contributed by atoms with Gasteiger partial charge in [-0.2, -0.15) is 0 Å². The van der Waals surface area contributed by atoms with Gasteiger partial charge in [0.05, 0.1) is 0 Å². The Balaban J connectivity index is 0.000000263. The van der Waals surface area contributed by atoms with Crippen LogP contribution in [0.15, 0.2) is 60.7 Å². The van der Waals surface area contributed by atoms with Gasteiger partial charge < -0.3 is 17.7 Å². The third-order valence-corrected chi connectivity index (χ3v) is 7.79. The van der Waals surface area contributed by atoms with Crippen LogP contribution in [-0.2, 0) is 29.8 Å². The van der Waals surface area contributed by atoms with Crippen molar-refractivity contribution in [2.24, 2.45) is 0 Å². The predicted octanol–water partition coefficient (Wildman–Crippen LogP) is 3.34.